The summed E-state index contributed by atoms with van der Waals surface area (Å²) in [6.07, 6.45) is 1.82. The topological polar surface area (TPSA) is 269 Å². The number of hydrogen-bond donors (Lipinski definition) is 6. The molecule has 6 rings (SSSR count). The van der Waals surface area contributed by atoms with Gasteiger partial charge in [0.25, 0.3) is 20.2 Å². The molecule has 0 atom stereocenters. The average molecular weight is 825 g/mol. The SMILES string of the molecule is CCOc1ccc(-c2coc3c(Cc4c(C)c(CO)c(O)c5c(=O)c(-c6ccc(OCC)c(S(=O)(=O)O)c6)coc45)c(C)c(CO)c(O)c3c2=O)cc1S(=O)(=O)O. The van der Waals surface area contributed by atoms with Crippen molar-refractivity contribution in [2.45, 2.75) is 57.1 Å². The second kappa shape index (κ2) is 15.3. The van der Waals surface area contributed by atoms with Crippen LogP contribution < -0.4 is 20.3 Å². The van der Waals surface area contributed by atoms with Crippen molar-refractivity contribution in [3.8, 4) is 45.3 Å². The fourth-order valence-corrected chi connectivity index (χ4v) is 8.18. The molecule has 16 nitrogen and oxygen atoms in total. The van der Waals surface area contributed by atoms with Crippen LogP contribution in [0.5, 0.6) is 23.0 Å². The van der Waals surface area contributed by atoms with Crippen molar-refractivity contribution >= 4 is 42.2 Å². The number of aromatic hydroxyl groups is 2. The minimum atomic E-state index is -4.82. The molecule has 0 radical (unpaired) electrons. The zero-order valence-corrected chi connectivity index (χ0v) is 32.4. The van der Waals surface area contributed by atoms with Gasteiger partial charge in [-0.25, -0.2) is 0 Å². The van der Waals surface area contributed by atoms with Crippen LogP contribution in [-0.2, 0) is 39.9 Å². The van der Waals surface area contributed by atoms with E-state index in [9.17, 15) is 56.0 Å². The number of aliphatic hydroxyl groups excluding tert-OH is 2. The summed E-state index contributed by atoms with van der Waals surface area (Å²) in [5.41, 5.74) is -1.62. The van der Waals surface area contributed by atoms with Crippen LogP contribution in [0.15, 0.2) is 77.1 Å². The van der Waals surface area contributed by atoms with Crippen LogP contribution in [0.4, 0.5) is 0 Å². The molecule has 6 aromatic rings. The van der Waals surface area contributed by atoms with E-state index in [-0.39, 0.29) is 97.9 Å². The molecular weight excluding hydrogens is 789 g/mol. The molecule has 18 heteroatoms. The Morgan fingerprint density at radius 3 is 1.30 bits per heavy atom. The van der Waals surface area contributed by atoms with E-state index in [0.717, 1.165) is 24.7 Å². The van der Waals surface area contributed by atoms with E-state index >= 15 is 0 Å². The Labute approximate surface area is 324 Å². The van der Waals surface area contributed by atoms with E-state index in [2.05, 4.69) is 0 Å². The lowest BCUT2D eigenvalue weighted by atomic mass is 9.88. The van der Waals surface area contributed by atoms with Crippen LogP contribution in [0.25, 0.3) is 44.2 Å². The van der Waals surface area contributed by atoms with Gasteiger partial charge in [0.15, 0.2) is 0 Å². The average Bonchev–Trinajstić information content (AvgIpc) is 3.14. The Balaban J connectivity index is 1.60. The molecule has 2 aromatic heterocycles. The molecule has 0 aliphatic heterocycles. The summed E-state index contributed by atoms with van der Waals surface area (Å²) < 4.78 is 91.1. The van der Waals surface area contributed by atoms with E-state index in [4.69, 9.17) is 18.3 Å². The number of rotatable bonds is 12. The minimum Gasteiger partial charge on any atom is -0.507 e. The number of benzene rings is 4. The van der Waals surface area contributed by atoms with Gasteiger partial charge in [0.05, 0.1) is 37.6 Å². The molecule has 0 amide bonds. The predicted molar refractivity (Wildman–Crippen MR) is 205 cm³/mol. The van der Waals surface area contributed by atoms with Crippen LogP contribution in [0, 0.1) is 13.8 Å². The Morgan fingerprint density at radius 1 is 0.614 bits per heavy atom. The smallest absolute Gasteiger partial charge is 0.298 e. The minimum absolute atomic E-state index is 0.0180. The largest absolute Gasteiger partial charge is 0.507 e. The zero-order valence-electron chi connectivity index (χ0n) is 30.7. The van der Waals surface area contributed by atoms with Crippen LogP contribution >= 0.6 is 0 Å². The number of fused-ring (bicyclic) bond motifs is 2. The lowest BCUT2D eigenvalue weighted by Gasteiger charge is -2.19. The van der Waals surface area contributed by atoms with Gasteiger partial charge < -0.3 is 38.7 Å². The van der Waals surface area contributed by atoms with Crippen LogP contribution in [0.1, 0.15) is 47.2 Å². The first kappa shape index (κ1) is 40.9. The van der Waals surface area contributed by atoms with E-state index < -0.39 is 76.4 Å². The molecule has 0 spiro atoms. The molecular formula is C39H36O16S2. The Kier molecular flexibility index (Phi) is 11.0. The lowest BCUT2D eigenvalue weighted by Crippen LogP contribution is -2.12. The summed E-state index contributed by atoms with van der Waals surface area (Å²) in [5.74, 6) is -1.58. The summed E-state index contributed by atoms with van der Waals surface area (Å²) in [5, 5.41) is 42.7. The fourth-order valence-electron chi connectivity index (χ4n) is 6.86. The Hall–Kier alpha value is -5.76. The standard InChI is InChI=1S/C39H36O16S2/c1-5-52-28-9-7-20(11-30(28)56(46,47)48)26-16-54-38-22(18(3)24(14-40)34(42)32(38)36(26)44)13-23-19(4)25(15-41)35(43)33-37(45)27(17-55-39(23)33)21-8-10-29(53-6-2)31(12-21)57(49,50)51/h7-12,16-17,40-43H,5-6,13-15H2,1-4H3,(H,46,47,48)(H,49,50,51). The number of aliphatic hydroxyl groups is 2. The van der Waals surface area contributed by atoms with Crippen molar-refractivity contribution in [1.29, 1.82) is 0 Å². The summed E-state index contributed by atoms with van der Waals surface area (Å²) in [4.78, 5) is 27.1. The third-order valence-corrected chi connectivity index (χ3v) is 11.5. The van der Waals surface area contributed by atoms with Gasteiger partial charge >= 0.3 is 0 Å². The van der Waals surface area contributed by atoms with Gasteiger partial charge in [0, 0.05) is 28.7 Å². The second-order valence-electron chi connectivity index (χ2n) is 12.9. The van der Waals surface area contributed by atoms with Crippen LogP contribution in [0.3, 0.4) is 0 Å². The number of phenols is 2. The van der Waals surface area contributed by atoms with Crippen molar-refractivity contribution in [2.24, 2.45) is 0 Å². The fraction of sp³-hybridized carbons (Fsp3) is 0.231. The highest BCUT2D eigenvalue weighted by atomic mass is 32.2. The molecule has 0 aliphatic carbocycles. The maximum Gasteiger partial charge on any atom is 0.298 e. The lowest BCUT2D eigenvalue weighted by molar-refractivity contribution is 0.275. The molecule has 300 valence electrons. The summed E-state index contributed by atoms with van der Waals surface area (Å²) in [6, 6.07) is 7.20. The molecule has 0 bridgehead atoms. The van der Waals surface area contributed by atoms with Gasteiger partial charge in [0.2, 0.25) is 10.9 Å². The quantitative estimate of drug-likeness (QED) is 0.0874. The zero-order chi connectivity index (χ0) is 41.7. The Morgan fingerprint density at radius 2 is 0.982 bits per heavy atom. The molecule has 0 fully saturated rings. The first-order chi connectivity index (χ1) is 26.9. The highest BCUT2D eigenvalue weighted by molar-refractivity contribution is 7.86. The van der Waals surface area contributed by atoms with E-state index in [1.807, 2.05) is 0 Å². The van der Waals surface area contributed by atoms with Gasteiger partial charge in [0.1, 0.15) is 67.3 Å². The molecule has 0 saturated carbocycles. The number of hydrogen-bond acceptors (Lipinski definition) is 14. The molecule has 0 unspecified atom stereocenters. The molecule has 0 saturated heterocycles. The predicted octanol–water partition coefficient (Wildman–Crippen LogP) is 5.13. The van der Waals surface area contributed by atoms with Crippen molar-refractivity contribution in [1.82, 2.24) is 0 Å². The highest BCUT2D eigenvalue weighted by Crippen LogP contribution is 2.41. The molecule has 2 heterocycles. The summed E-state index contributed by atoms with van der Waals surface area (Å²) >= 11 is 0. The molecule has 4 aromatic carbocycles. The molecule has 57 heavy (non-hydrogen) atoms. The monoisotopic (exact) mass is 824 g/mol. The molecule has 0 aliphatic rings. The normalized spacial score (nSPS) is 12.1. The van der Waals surface area contributed by atoms with Crippen molar-refractivity contribution < 1.29 is 64.7 Å². The van der Waals surface area contributed by atoms with Gasteiger partial charge in [-0.1, -0.05) is 12.1 Å². The first-order valence-corrected chi connectivity index (χ1v) is 20.1. The van der Waals surface area contributed by atoms with Gasteiger partial charge in [-0.05, 0) is 74.2 Å². The van der Waals surface area contributed by atoms with Crippen LogP contribution in [0.2, 0.25) is 0 Å². The summed E-state index contributed by atoms with van der Waals surface area (Å²) in [7, 11) is -9.64. The van der Waals surface area contributed by atoms with Gasteiger partial charge in [-0.15, -0.1) is 0 Å². The molecule has 6 N–H and O–H groups in total. The third-order valence-electron chi connectivity index (χ3n) is 9.73. The highest BCUT2D eigenvalue weighted by Gasteiger charge is 2.28. The second-order valence-corrected chi connectivity index (χ2v) is 15.6. The van der Waals surface area contributed by atoms with Crippen molar-refractivity contribution in [2.75, 3.05) is 13.2 Å². The van der Waals surface area contributed by atoms with Gasteiger partial charge in [-0.3, -0.25) is 18.7 Å². The van der Waals surface area contributed by atoms with E-state index in [1.54, 1.807) is 13.8 Å². The summed E-state index contributed by atoms with van der Waals surface area (Å²) in [6.45, 7) is 4.93. The van der Waals surface area contributed by atoms with E-state index in [1.165, 1.54) is 38.1 Å². The van der Waals surface area contributed by atoms with Crippen molar-refractivity contribution in [3.63, 3.8) is 0 Å². The maximum absolute atomic E-state index is 14.2. The Bertz CT molecular complexity index is 2760. The number of ether oxygens (including phenoxy) is 2. The van der Waals surface area contributed by atoms with Crippen molar-refractivity contribution in [3.05, 3.63) is 103 Å². The maximum atomic E-state index is 14.2. The van der Waals surface area contributed by atoms with Gasteiger partial charge in [-0.2, -0.15) is 16.8 Å². The van der Waals surface area contributed by atoms with Crippen LogP contribution in [-0.4, -0.2) is 59.6 Å². The third kappa shape index (κ3) is 7.11. The van der Waals surface area contributed by atoms with E-state index in [0.29, 0.717) is 0 Å². The first-order valence-electron chi connectivity index (χ1n) is 17.2.